The molecule has 0 fully saturated rings. The Bertz CT molecular complexity index is 203. The van der Waals surface area contributed by atoms with Crippen molar-refractivity contribution in [1.29, 1.82) is 0 Å². The minimum atomic E-state index is 1.09. The van der Waals surface area contributed by atoms with Crippen LogP contribution in [-0.2, 0) is 13.0 Å². The van der Waals surface area contributed by atoms with Crippen LogP contribution in [0.5, 0.6) is 0 Å². The molecule has 0 spiro atoms. The summed E-state index contributed by atoms with van der Waals surface area (Å²) in [7, 11) is 0. The van der Waals surface area contributed by atoms with Crippen LogP contribution >= 0.6 is 0 Å². The van der Waals surface area contributed by atoms with Crippen molar-refractivity contribution < 1.29 is 4.57 Å². The highest BCUT2D eigenvalue weighted by Crippen LogP contribution is 1.90. The zero-order valence-electron chi connectivity index (χ0n) is 7.43. The van der Waals surface area contributed by atoms with E-state index in [1.165, 1.54) is 18.7 Å². The van der Waals surface area contributed by atoms with Gasteiger partial charge in [-0.05, 0) is 6.42 Å². The van der Waals surface area contributed by atoms with Gasteiger partial charge in [-0.1, -0.05) is 20.3 Å². The molecular formula is C9H17N2+. The maximum absolute atomic E-state index is 3.23. The van der Waals surface area contributed by atoms with Gasteiger partial charge in [0.15, 0.2) is 0 Å². The lowest BCUT2D eigenvalue weighted by Crippen LogP contribution is -2.35. The predicted octanol–water partition coefficient (Wildman–Crippen LogP) is 1.66. The molecule has 1 heterocycles. The van der Waals surface area contributed by atoms with Gasteiger partial charge < -0.3 is 0 Å². The Balaban J connectivity index is 2.54. The average Bonchev–Trinajstić information content (AvgIpc) is 2.47. The molecule has 0 radical (unpaired) electrons. The number of nitrogens with zero attached hydrogens (tertiary/aromatic N) is 1. The second-order valence-electron chi connectivity index (χ2n) is 2.81. The molecule has 1 rings (SSSR count). The third kappa shape index (κ3) is 2.07. The number of imidazole rings is 1. The van der Waals surface area contributed by atoms with Crippen molar-refractivity contribution >= 4 is 0 Å². The lowest BCUT2D eigenvalue weighted by atomic mass is 10.3. The van der Waals surface area contributed by atoms with Crippen molar-refractivity contribution in [1.82, 2.24) is 4.98 Å². The van der Waals surface area contributed by atoms with Crippen molar-refractivity contribution in [2.45, 2.75) is 39.7 Å². The summed E-state index contributed by atoms with van der Waals surface area (Å²) in [5.74, 6) is 1.33. The van der Waals surface area contributed by atoms with Crippen LogP contribution in [0.2, 0.25) is 0 Å². The van der Waals surface area contributed by atoms with E-state index in [1.807, 2.05) is 6.20 Å². The zero-order valence-corrected chi connectivity index (χ0v) is 7.43. The van der Waals surface area contributed by atoms with Gasteiger partial charge in [-0.15, -0.1) is 0 Å². The number of aromatic nitrogens is 2. The maximum Gasteiger partial charge on any atom is 0.253 e. The molecule has 0 aliphatic carbocycles. The summed E-state index contributed by atoms with van der Waals surface area (Å²) in [4.78, 5) is 3.23. The number of aromatic amines is 1. The van der Waals surface area contributed by atoms with Crippen molar-refractivity contribution in [2.75, 3.05) is 0 Å². The van der Waals surface area contributed by atoms with Crippen LogP contribution in [0.25, 0.3) is 0 Å². The normalized spacial score (nSPS) is 10.4. The third-order valence-corrected chi connectivity index (χ3v) is 1.94. The van der Waals surface area contributed by atoms with E-state index in [0.717, 1.165) is 13.0 Å². The molecule has 0 aromatic carbocycles. The highest BCUT2D eigenvalue weighted by atomic mass is 15.1. The van der Waals surface area contributed by atoms with Gasteiger partial charge in [0.2, 0.25) is 0 Å². The number of H-pyrrole nitrogens is 1. The zero-order chi connectivity index (χ0) is 8.10. The molecule has 0 atom stereocenters. The summed E-state index contributed by atoms with van der Waals surface area (Å²) >= 11 is 0. The Morgan fingerprint density at radius 3 is 2.91 bits per heavy atom. The number of rotatable bonds is 4. The molecule has 62 valence electrons. The summed E-state index contributed by atoms with van der Waals surface area (Å²) < 4.78 is 2.30. The van der Waals surface area contributed by atoms with E-state index in [-0.39, 0.29) is 0 Å². The highest BCUT2D eigenvalue weighted by Gasteiger charge is 2.05. The molecule has 11 heavy (non-hydrogen) atoms. The van der Waals surface area contributed by atoms with Crippen LogP contribution < -0.4 is 4.57 Å². The van der Waals surface area contributed by atoms with E-state index < -0.39 is 0 Å². The third-order valence-electron chi connectivity index (χ3n) is 1.94. The largest absolute Gasteiger partial charge is 0.253 e. The van der Waals surface area contributed by atoms with Crippen molar-refractivity contribution in [3.63, 3.8) is 0 Å². The molecule has 2 heteroatoms. The van der Waals surface area contributed by atoms with Gasteiger partial charge in [0.05, 0.1) is 6.54 Å². The molecule has 0 aliphatic rings. The van der Waals surface area contributed by atoms with E-state index in [9.17, 15) is 0 Å². The summed E-state index contributed by atoms with van der Waals surface area (Å²) in [5.41, 5.74) is 0. The maximum atomic E-state index is 3.23. The van der Waals surface area contributed by atoms with E-state index in [0.29, 0.717) is 0 Å². The Kier molecular flexibility index (Phi) is 3.14. The Morgan fingerprint density at radius 2 is 2.27 bits per heavy atom. The smallest absolute Gasteiger partial charge is 0.248 e. The van der Waals surface area contributed by atoms with Gasteiger partial charge in [-0.25, -0.2) is 9.55 Å². The minimum Gasteiger partial charge on any atom is -0.248 e. The quantitative estimate of drug-likeness (QED) is 0.635. The minimum absolute atomic E-state index is 1.09. The summed E-state index contributed by atoms with van der Waals surface area (Å²) in [6.45, 7) is 5.55. The second-order valence-corrected chi connectivity index (χ2v) is 2.81. The van der Waals surface area contributed by atoms with Crippen LogP contribution in [-0.4, -0.2) is 4.98 Å². The van der Waals surface area contributed by atoms with E-state index in [2.05, 4.69) is 29.6 Å². The molecule has 0 amide bonds. The summed E-state index contributed by atoms with van der Waals surface area (Å²) in [6, 6.07) is 0. The van der Waals surface area contributed by atoms with Gasteiger partial charge in [-0.2, -0.15) is 0 Å². The van der Waals surface area contributed by atoms with Crippen molar-refractivity contribution in [2.24, 2.45) is 0 Å². The highest BCUT2D eigenvalue weighted by molar-refractivity contribution is 4.74. The lowest BCUT2D eigenvalue weighted by molar-refractivity contribution is -0.703. The van der Waals surface area contributed by atoms with Crippen LogP contribution in [0.3, 0.4) is 0 Å². The second kappa shape index (κ2) is 4.16. The average molecular weight is 153 g/mol. The van der Waals surface area contributed by atoms with Crippen LogP contribution in [0, 0.1) is 0 Å². The molecule has 2 nitrogen and oxygen atoms in total. The summed E-state index contributed by atoms with van der Waals surface area (Å²) in [6.07, 6.45) is 7.76. The van der Waals surface area contributed by atoms with E-state index in [4.69, 9.17) is 0 Å². The Morgan fingerprint density at radius 1 is 1.45 bits per heavy atom. The molecule has 0 bridgehead atoms. The van der Waals surface area contributed by atoms with Crippen molar-refractivity contribution in [3.8, 4) is 0 Å². The van der Waals surface area contributed by atoms with Crippen molar-refractivity contribution in [3.05, 3.63) is 18.2 Å². The molecule has 0 saturated carbocycles. The lowest BCUT2D eigenvalue weighted by Gasteiger charge is -1.96. The molecule has 0 aliphatic heterocycles. The molecular weight excluding hydrogens is 136 g/mol. The summed E-state index contributed by atoms with van der Waals surface area (Å²) in [5, 5.41) is 0. The monoisotopic (exact) mass is 153 g/mol. The first-order chi connectivity index (χ1) is 5.38. The van der Waals surface area contributed by atoms with Gasteiger partial charge in [0.1, 0.15) is 12.4 Å². The predicted molar refractivity (Wildman–Crippen MR) is 45.3 cm³/mol. The Hall–Kier alpha value is -0.790. The Labute approximate surface area is 68.3 Å². The fourth-order valence-corrected chi connectivity index (χ4v) is 1.24. The van der Waals surface area contributed by atoms with Gasteiger partial charge in [0.25, 0.3) is 5.82 Å². The number of nitrogens with one attached hydrogen (secondary N) is 1. The number of unbranched alkanes of at least 4 members (excludes halogenated alkanes) is 1. The van der Waals surface area contributed by atoms with E-state index in [1.54, 1.807) is 0 Å². The molecule has 0 unspecified atom stereocenters. The SMILES string of the molecule is CCCC[n+]1cc[nH]c1CC. The first kappa shape index (κ1) is 8.31. The fourth-order valence-electron chi connectivity index (χ4n) is 1.24. The number of hydrogen-bond acceptors (Lipinski definition) is 0. The van der Waals surface area contributed by atoms with E-state index >= 15 is 0 Å². The first-order valence-corrected chi connectivity index (χ1v) is 4.44. The standard InChI is InChI=1S/C9H16N2/c1-3-5-7-11-8-6-10-9(11)4-2/h6,8H,3-5,7H2,1-2H3/p+1. The van der Waals surface area contributed by atoms with Crippen LogP contribution in [0.15, 0.2) is 12.4 Å². The van der Waals surface area contributed by atoms with Gasteiger partial charge in [-0.3, -0.25) is 0 Å². The molecule has 1 N–H and O–H groups in total. The van der Waals surface area contributed by atoms with Crippen LogP contribution in [0.4, 0.5) is 0 Å². The number of aryl methyl sites for hydroxylation is 2. The van der Waals surface area contributed by atoms with Crippen LogP contribution in [0.1, 0.15) is 32.5 Å². The topological polar surface area (TPSA) is 19.7 Å². The number of hydrogen-bond donors (Lipinski definition) is 1. The first-order valence-electron chi connectivity index (χ1n) is 4.44. The molecule has 0 saturated heterocycles. The fraction of sp³-hybridized carbons (Fsp3) is 0.667. The van der Waals surface area contributed by atoms with Gasteiger partial charge in [0, 0.05) is 6.42 Å². The van der Waals surface area contributed by atoms with Gasteiger partial charge >= 0.3 is 0 Å². The molecule has 1 aromatic heterocycles. The molecule has 1 aromatic rings.